The van der Waals surface area contributed by atoms with Gasteiger partial charge in [0.15, 0.2) is 11.5 Å². The molecule has 0 fully saturated rings. The van der Waals surface area contributed by atoms with Gasteiger partial charge in [0, 0.05) is 5.39 Å². The van der Waals surface area contributed by atoms with E-state index in [1.165, 1.54) is 5.39 Å². The molecule has 0 bridgehead atoms. The van der Waals surface area contributed by atoms with E-state index in [4.69, 9.17) is 14.2 Å². The molecule has 0 amide bonds. The standard InChI is InChI=1S/C18H14O3/c1-2-6-15-14(4-1)5-3-7-16(15)19-11-13-8-9-17-18(10-13)21-12-20-17/h1-10H,11-12H2. The first kappa shape index (κ1) is 12.1. The van der Waals surface area contributed by atoms with Crippen molar-refractivity contribution in [3.63, 3.8) is 0 Å². The van der Waals surface area contributed by atoms with E-state index in [0.29, 0.717) is 13.4 Å². The molecule has 0 saturated heterocycles. The number of hydrogen-bond acceptors (Lipinski definition) is 3. The molecule has 3 aromatic rings. The van der Waals surface area contributed by atoms with Crippen LogP contribution in [0.5, 0.6) is 17.2 Å². The second-order valence-corrected chi connectivity index (χ2v) is 4.95. The van der Waals surface area contributed by atoms with Crippen LogP contribution in [-0.2, 0) is 6.61 Å². The average Bonchev–Trinajstić information content (AvgIpc) is 3.00. The van der Waals surface area contributed by atoms with E-state index in [-0.39, 0.29) is 0 Å². The number of ether oxygens (including phenoxy) is 3. The van der Waals surface area contributed by atoms with Crippen LogP contribution in [0.25, 0.3) is 10.8 Å². The summed E-state index contributed by atoms with van der Waals surface area (Å²) in [4.78, 5) is 0. The molecular weight excluding hydrogens is 264 g/mol. The van der Waals surface area contributed by atoms with Gasteiger partial charge in [0.05, 0.1) is 0 Å². The van der Waals surface area contributed by atoms with Crippen molar-refractivity contribution in [2.75, 3.05) is 6.79 Å². The zero-order valence-corrected chi connectivity index (χ0v) is 11.4. The summed E-state index contributed by atoms with van der Waals surface area (Å²) in [7, 11) is 0. The molecule has 0 atom stereocenters. The van der Waals surface area contributed by atoms with Gasteiger partial charge in [0.2, 0.25) is 6.79 Å². The maximum atomic E-state index is 5.97. The lowest BCUT2D eigenvalue weighted by atomic mass is 10.1. The van der Waals surface area contributed by atoms with Crippen LogP contribution in [0.4, 0.5) is 0 Å². The Bertz CT molecular complexity index is 790. The lowest BCUT2D eigenvalue weighted by Crippen LogP contribution is -1.96. The second kappa shape index (κ2) is 5.02. The molecule has 1 heterocycles. The summed E-state index contributed by atoms with van der Waals surface area (Å²) in [6.07, 6.45) is 0. The maximum Gasteiger partial charge on any atom is 0.231 e. The summed E-state index contributed by atoms with van der Waals surface area (Å²) < 4.78 is 16.7. The van der Waals surface area contributed by atoms with Gasteiger partial charge in [0.1, 0.15) is 12.4 Å². The highest BCUT2D eigenvalue weighted by Crippen LogP contribution is 2.33. The highest BCUT2D eigenvalue weighted by Gasteiger charge is 2.13. The van der Waals surface area contributed by atoms with E-state index in [0.717, 1.165) is 28.2 Å². The molecule has 21 heavy (non-hydrogen) atoms. The van der Waals surface area contributed by atoms with Crippen molar-refractivity contribution in [2.24, 2.45) is 0 Å². The molecule has 1 aliphatic heterocycles. The van der Waals surface area contributed by atoms with E-state index < -0.39 is 0 Å². The predicted octanol–water partition coefficient (Wildman–Crippen LogP) is 4.15. The lowest BCUT2D eigenvalue weighted by Gasteiger charge is -2.09. The van der Waals surface area contributed by atoms with Crippen molar-refractivity contribution in [1.82, 2.24) is 0 Å². The van der Waals surface area contributed by atoms with Crippen LogP contribution in [0.3, 0.4) is 0 Å². The van der Waals surface area contributed by atoms with Crippen molar-refractivity contribution in [3.8, 4) is 17.2 Å². The molecule has 0 aliphatic carbocycles. The fourth-order valence-corrected chi connectivity index (χ4v) is 2.51. The Morgan fingerprint density at radius 3 is 2.71 bits per heavy atom. The zero-order valence-electron chi connectivity index (χ0n) is 11.4. The van der Waals surface area contributed by atoms with Gasteiger partial charge >= 0.3 is 0 Å². The average molecular weight is 278 g/mol. The third-order valence-electron chi connectivity index (χ3n) is 3.58. The van der Waals surface area contributed by atoms with Gasteiger partial charge in [-0.25, -0.2) is 0 Å². The van der Waals surface area contributed by atoms with Crippen molar-refractivity contribution >= 4 is 10.8 Å². The van der Waals surface area contributed by atoms with Crippen molar-refractivity contribution in [1.29, 1.82) is 0 Å². The maximum absolute atomic E-state index is 5.97. The number of benzene rings is 3. The summed E-state index contributed by atoms with van der Waals surface area (Å²) in [6, 6.07) is 20.2. The molecular formula is C18H14O3. The topological polar surface area (TPSA) is 27.7 Å². The molecule has 3 aromatic carbocycles. The van der Waals surface area contributed by atoms with Crippen LogP contribution in [0.15, 0.2) is 60.7 Å². The van der Waals surface area contributed by atoms with Crippen molar-refractivity contribution < 1.29 is 14.2 Å². The van der Waals surface area contributed by atoms with E-state index >= 15 is 0 Å². The summed E-state index contributed by atoms with van der Waals surface area (Å²) in [5.74, 6) is 2.48. The minimum Gasteiger partial charge on any atom is -0.488 e. The Kier molecular flexibility index (Phi) is 2.89. The Morgan fingerprint density at radius 2 is 1.71 bits per heavy atom. The smallest absolute Gasteiger partial charge is 0.231 e. The first-order chi connectivity index (χ1) is 10.4. The first-order valence-corrected chi connectivity index (χ1v) is 6.89. The van der Waals surface area contributed by atoms with E-state index in [1.54, 1.807) is 0 Å². The Hall–Kier alpha value is -2.68. The summed E-state index contributed by atoms with van der Waals surface area (Å²) >= 11 is 0. The van der Waals surface area contributed by atoms with Crippen LogP contribution >= 0.6 is 0 Å². The molecule has 1 aliphatic rings. The van der Waals surface area contributed by atoms with Gasteiger partial charge in [-0.05, 0) is 29.1 Å². The van der Waals surface area contributed by atoms with Crippen LogP contribution in [-0.4, -0.2) is 6.79 Å². The molecule has 0 N–H and O–H groups in total. The normalized spacial score (nSPS) is 12.6. The number of rotatable bonds is 3. The van der Waals surface area contributed by atoms with E-state index in [1.807, 2.05) is 42.5 Å². The zero-order chi connectivity index (χ0) is 14.1. The molecule has 0 aromatic heterocycles. The van der Waals surface area contributed by atoms with Gasteiger partial charge < -0.3 is 14.2 Å². The molecule has 104 valence electrons. The molecule has 0 unspecified atom stereocenters. The number of hydrogen-bond donors (Lipinski definition) is 0. The fourth-order valence-electron chi connectivity index (χ4n) is 2.51. The van der Waals surface area contributed by atoms with Crippen LogP contribution < -0.4 is 14.2 Å². The molecule has 0 radical (unpaired) electrons. The van der Waals surface area contributed by atoms with Crippen molar-refractivity contribution in [3.05, 3.63) is 66.2 Å². The summed E-state index contributed by atoms with van der Waals surface area (Å²) in [5, 5.41) is 2.31. The molecule has 3 heteroatoms. The Labute approximate surface area is 122 Å². The SMILES string of the molecule is c1ccc2c(OCc3ccc4c(c3)OCO4)cccc2c1. The van der Waals surface area contributed by atoms with Gasteiger partial charge in [0.25, 0.3) is 0 Å². The number of fused-ring (bicyclic) bond motifs is 2. The highest BCUT2D eigenvalue weighted by atomic mass is 16.7. The third kappa shape index (κ3) is 2.27. The second-order valence-electron chi connectivity index (χ2n) is 4.95. The predicted molar refractivity (Wildman–Crippen MR) is 80.8 cm³/mol. The minimum absolute atomic E-state index is 0.295. The summed E-state index contributed by atoms with van der Waals surface area (Å²) in [5.41, 5.74) is 1.06. The Balaban J connectivity index is 1.58. The minimum atomic E-state index is 0.295. The van der Waals surface area contributed by atoms with Crippen LogP contribution in [0.1, 0.15) is 5.56 Å². The van der Waals surface area contributed by atoms with Crippen LogP contribution in [0, 0.1) is 0 Å². The van der Waals surface area contributed by atoms with E-state index in [2.05, 4.69) is 18.2 Å². The van der Waals surface area contributed by atoms with E-state index in [9.17, 15) is 0 Å². The fraction of sp³-hybridized carbons (Fsp3) is 0.111. The largest absolute Gasteiger partial charge is 0.488 e. The van der Waals surface area contributed by atoms with Gasteiger partial charge in [-0.15, -0.1) is 0 Å². The van der Waals surface area contributed by atoms with Gasteiger partial charge in [-0.2, -0.15) is 0 Å². The van der Waals surface area contributed by atoms with Gasteiger partial charge in [-0.3, -0.25) is 0 Å². The van der Waals surface area contributed by atoms with Crippen molar-refractivity contribution in [2.45, 2.75) is 6.61 Å². The van der Waals surface area contributed by atoms with Crippen LogP contribution in [0.2, 0.25) is 0 Å². The molecule has 0 saturated carbocycles. The monoisotopic (exact) mass is 278 g/mol. The highest BCUT2D eigenvalue weighted by molar-refractivity contribution is 5.88. The third-order valence-corrected chi connectivity index (χ3v) is 3.58. The molecule has 4 rings (SSSR count). The lowest BCUT2D eigenvalue weighted by molar-refractivity contribution is 0.174. The van der Waals surface area contributed by atoms with Gasteiger partial charge in [-0.1, -0.05) is 42.5 Å². The summed E-state index contributed by atoms with van der Waals surface area (Å²) in [6.45, 7) is 0.799. The molecule has 3 nitrogen and oxygen atoms in total. The quantitative estimate of drug-likeness (QED) is 0.720. The first-order valence-electron chi connectivity index (χ1n) is 6.89. The molecule has 0 spiro atoms. The Morgan fingerprint density at radius 1 is 0.857 bits per heavy atom.